The average molecular weight is 140 g/mol. The van der Waals surface area contributed by atoms with Gasteiger partial charge in [-0.1, -0.05) is 6.92 Å². The summed E-state index contributed by atoms with van der Waals surface area (Å²) in [5.74, 6) is 0.891. The van der Waals surface area contributed by atoms with Crippen LogP contribution in [0.2, 0.25) is 0 Å². The Bertz CT molecular complexity index is 161. The van der Waals surface area contributed by atoms with Crippen LogP contribution in [0, 0.1) is 11.8 Å². The Labute approximate surface area is 60.6 Å². The molecule has 0 aromatic rings. The van der Waals surface area contributed by atoms with Gasteiger partial charge in [-0.2, -0.15) is 0 Å². The van der Waals surface area contributed by atoms with Crippen molar-refractivity contribution in [2.75, 3.05) is 0 Å². The van der Waals surface area contributed by atoms with Crippen molar-refractivity contribution in [3.63, 3.8) is 0 Å². The maximum Gasteiger partial charge on any atom is 0.309 e. The van der Waals surface area contributed by atoms with E-state index in [4.69, 9.17) is 4.74 Å². The van der Waals surface area contributed by atoms with E-state index in [1.54, 1.807) is 0 Å². The van der Waals surface area contributed by atoms with Crippen molar-refractivity contribution >= 4 is 5.97 Å². The van der Waals surface area contributed by atoms with Crippen LogP contribution < -0.4 is 0 Å². The first-order chi connectivity index (χ1) is 4.77. The fraction of sp³-hybridized carbons (Fsp3) is 0.875. The molecule has 0 N–H and O–H groups in total. The summed E-state index contributed by atoms with van der Waals surface area (Å²) in [7, 11) is 0. The number of ether oxygens (including phenoxy) is 1. The van der Waals surface area contributed by atoms with Gasteiger partial charge in [0, 0.05) is 0 Å². The molecule has 0 radical (unpaired) electrons. The number of carbonyl (C=O) groups is 1. The third-order valence-corrected chi connectivity index (χ3v) is 2.22. The Morgan fingerprint density at radius 3 is 2.50 bits per heavy atom. The highest BCUT2D eigenvalue weighted by atomic mass is 16.5. The minimum Gasteiger partial charge on any atom is -0.462 e. The molecule has 56 valence electrons. The standard InChI is InChI=1S/C8H12O2/c1-5-4-7(5)8(9)10-6-2-3-6/h5-7H,2-4H2,1H3. The lowest BCUT2D eigenvalue weighted by Gasteiger charge is -1.99. The van der Waals surface area contributed by atoms with Gasteiger partial charge in [0.05, 0.1) is 5.92 Å². The molecule has 2 rings (SSSR count). The van der Waals surface area contributed by atoms with E-state index in [1.807, 2.05) is 0 Å². The summed E-state index contributed by atoms with van der Waals surface area (Å²) in [5.41, 5.74) is 0. The van der Waals surface area contributed by atoms with Gasteiger partial charge in [-0.3, -0.25) is 4.79 Å². The van der Waals surface area contributed by atoms with E-state index in [9.17, 15) is 4.79 Å². The molecule has 0 bridgehead atoms. The number of hydrogen-bond donors (Lipinski definition) is 0. The van der Waals surface area contributed by atoms with Crippen LogP contribution in [0.5, 0.6) is 0 Å². The van der Waals surface area contributed by atoms with Gasteiger partial charge in [-0.05, 0) is 25.2 Å². The smallest absolute Gasteiger partial charge is 0.309 e. The van der Waals surface area contributed by atoms with Gasteiger partial charge in [0.1, 0.15) is 6.10 Å². The molecule has 2 fully saturated rings. The van der Waals surface area contributed by atoms with Gasteiger partial charge in [-0.15, -0.1) is 0 Å². The minimum absolute atomic E-state index is 0.0509. The van der Waals surface area contributed by atoms with Gasteiger partial charge < -0.3 is 4.74 Å². The fourth-order valence-electron chi connectivity index (χ4n) is 1.09. The minimum atomic E-state index is 0.0509. The van der Waals surface area contributed by atoms with E-state index >= 15 is 0 Å². The predicted octanol–water partition coefficient (Wildman–Crippen LogP) is 1.35. The second kappa shape index (κ2) is 1.97. The van der Waals surface area contributed by atoms with Gasteiger partial charge in [0.2, 0.25) is 0 Å². The molecule has 0 aliphatic heterocycles. The lowest BCUT2D eigenvalue weighted by Crippen LogP contribution is -2.08. The molecule has 2 atom stereocenters. The number of esters is 1. The Balaban J connectivity index is 1.76. The van der Waals surface area contributed by atoms with E-state index < -0.39 is 0 Å². The van der Waals surface area contributed by atoms with Gasteiger partial charge >= 0.3 is 5.97 Å². The lowest BCUT2D eigenvalue weighted by molar-refractivity contribution is -0.146. The van der Waals surface area contributed by atoms with Crippen LogP contribution in [-0.2, 0) is 9.53 Å². The summed E-state index contributed by atoms with van der Waals surface area (Å²) in [4.78, 5) is 11.0. The van der Waals surface area contributed by atoms with Crippen molar-refractivity contribution in [3.05, 3.63) is 0 Å². The molecule has 2 aliphatic rings. The first kappa shape index (κ1) is 6.20. The van der Waals surface area contributed by atoms with Crippen molar-refractivity contribution in [1.82, 2.24) is 0 Å². The number of rotatable bonds is 2. The highest BCUT2D eigenvalue weighted by Crippen LogP contribution is 2.40. The van der Waals surface area contributed by atoms with E-state index in [0.29, 0.717) is 12.0 Å². The van der Waals surface area contributed by atoms with Gasteiger partial charge in [-0.25, -0.2) is 0 Å². The molecule has 0 aromatic carbocycles. The topological polar surface area (TPSA) is 26.3 Å². The van der Waals surface area contributed by atoms with Crippen LogP contribution >= 0.6 is 0 Å². The summed E-state index contributed by atoms with van der Waals surface area (Å²) in [6.45, 7) is 2.10. The maximum absolute atomic E-state index is 11.0. The summed E-state index contributed by atoms with van der Waals surface area (Å²) in [5, 5.41) is 0. The Morgan fingerprint density at radius 2 is 2.10 bits per heavy atom. The molecule has 2 heteroatoms. The molecular weight excluding hydrogens is 128 g/mol. The SMILES string of the molecule is CC1CC1C(=O)OC1CC1. The monoisotopic (exact) mass is 140 g/mol. The molecule has 2 saturated carbocycles. The van der Waals surface area contributed by atoms with E-state index in [2.05, 4.69) is 6.92 Å². The zero-order valence-electron chi connectivity index (χ0n) is 6.17. The van der Waals surface area contributed by atoms with Crippen molar-refractivity contribution < 1.29 is 9.53 Å². The molecule has 0 amide bonds. The molecule has 0 saturated heterocycles. The maximum atomic E-state index is 11.0. The van der Waals surface area contributed by atoms with Gasteiger partial charge in [0.15, 0.2) is 0 Å². The van der Waals surface area contributed by atoms with Crippen molar-refractivity contribution in [2.45, 2.75) is 32.3 Å². The third-order valence-electron chi connectivity index (χ3n) is 2.22. The van der Waals surface area contributed by atoms with Crippen LogP contribution in [0.3, 0.4) is 0 Å². The largest absolute Gasteiger partial charge is 0.462 e. The van der Waals surface area contributed by atoms with Crippen LogP contribution in [0.1, 0.15) is 26.2 Å². The van der Waals surface area contributed by atoms with Crippen LogP contribution in [0.25, 0.3) is 0 Å². The van der Waals surface area contributed by atoms with Crippen molar-refractivity contribution in [1.29, 1.82) is 0 Å². The van der Waals surface area contributed by atoms with Crippen LogP contribution in [0.4, 0.5) is 0 Å². The van der Waals surface area contributed by atoms with E-state index in [-0.39, 0.29) is 11.9 Å². The quantitative estimate of drug-likeness (QED) is 0.541. The first-order valence-corrected chi connectivity index (χ1v) is 3.98. The molecule has 2 unspecified atom stereocenters. The summed E-state index contributed by atoms with van der Waals surface area (Å²) in [6.07, 6.45) is 3.52. The van der Waals surface area contributed by atoms with Crippen LogP contribution in [-0.4, -0.2) is 12.1 Å². The second-order valence-electron chi connectivity index (χ2n) is 3.46. The fourth-order valence-corrected chi connectivity index (χ4v) is 1.09. The Kier molecular flexibility index (Phi) is 1.22. The molecule has 0 heterocycles. The zero-order chi connectivity index (χ0) is 7.14. The normalized spacial score (nSPS) is 37.3. The summed E-state index contributed by atoms with van der Waals surface area (Å²) in [6, 6.07) is 0. The predicted molar refractivity (Wildman–Crippen MR) is 36.4 cm³/mol. The number of hydrogen-bond acceptors (Lipinski definition) is 2. The number of carbonyl (C=O) groups excluding carboxylic acids is 1. The van der Waals surface area contributed by atoms with E-state index in [0.717, 1.165) is 19.3 Å². The first-order valence-electron chi connectivity index (χ1n) is 3.98. The summed E-state index contributed by atoms with van der Waals surface area (Å²) >= 11 is 0. The summed E-state index contributed by atoms with van der Waals surface area (Å²) < 4.78 is 5.12. The molecular formula is C8H12O2. The Morgan fingerprint density at radius 1 is 1.50 bits per heavy atom. The molecule has 0 spiro atoms. The average Bonchev–Trinajstić information content (AvgIpc) is 2.66. The molecule has 2 aliphatic carbocycles. The zero-order valence-corrected chi connectivity index (χ0v) is 6.17. The van der Waals surface area contributed by atoms with E-state index in [1.165, 1.54) is 0 Å². The second-order valence-corrected chi connectivity index (χ2v) is 3.46. The molecule has 2 nitrogen and oxygen atoms in total. The molecule has 10 heavy (non-hydrogen) atoms. The highest BCUT2D eigenvalue weighted by molar-refractivity contribution is 5.75. The third kappa shape index (κ3) is 1.15. The van der Waals surface area contributed by atoms with Crippen molar-refractivity contribution in [2.24, 2.45) is 11.8 Å². The van der Waals surface area contributed by atoms with Crippen molar-refractivity contribution in [3.8, 4) is 0 Å². The highest BCUT2D eigenvalue weighted by Gasteiger charge is 2.42. The van der Waals surface area contributed by atoms with Crippen LogP contribution in [0.15, 0.2) is 0 Å². The lowest BCUT2D eigenvalue weighted by atomic mass is 10.3. The molecule has 0 aromatic heterocycles. The van der Waals surface area contributed by atoms with Gasteiger partial charge in [0.25, 0.3) is 0 Å². The Hall–Kier alpha value is -0.530.